The van der Waals surface area contributed by atoms with Gasteiger partial charge < -0.3 is 15.4 Å². The Hall–Kier alpha value is -3.15. The van der Waals surface area contributed by atoms with Crippen LogP contribution >= 0.6 is 0 Å². The number of rotatable bonds is 4. The molecule has 0 saturated heterocycles. The number of fused-ring (bicyclic) bond motifs is 1. The van der Waals surface area contributed by atoms with Crippen molar-refractivity contribution in [3.8, 4) is 5.75 Å². The number of aromatic nitrogens is 1. The number of pyridine rings is 1. The molecule has 5 nitrogen and oxygen atoms in total. The minimum atomic E-state index is -0.316. The Morgan fingerprint density at radius 3 is 2.71 bits per heavy atom. The van der Waals surface area contributed by atoms with E-state index in [0.717, 1.165) is 11.1 Å². The van der Waals surface area contributed by atoms with Gasteiger partial charge in [-0.25, -0.2) is 4.39 Å². The van der Waals surface area contributed by atoms with Crippen LogP contribution in [0.15, 0.2) is 48.7 Å². The van der Waals surface area contributed by atoms with E-state index in [9.17, 15) is 9.18 Å². The van der Waals surface area contributed by atoms with Gasteiger partial charge in [-0.3, -0.25) is 9.78 Å². The van der Waals surface area contributed by atoms with Gasteiger partial charge in [0.05, 0.1) is 12.8 Å². The average Bonchev–Trinajstić information content (AvgIpc) is 2.54. The van der Waals surface area contributed by atoms with E-state index in [1.807, 2.05) is 6.07 Å². The van der Waals surface area contributed by atoms with Crippen LogP contribution in [0, 0.1) is 5.82 Å². The summed E-state index contributed by atoms with van der Waals surface area (Å²) in [5.41, 5.74) is 2.55. The number of hydrogen-bond acceptors (Lipinski definition) is 4. The van der Waals surface area contributed by atoms with Crippen LogP contribution in [-0.4, -0.2) is 18.0 Å². The molecule has 0 radical (unpaired) electrons. The molecule has 3 rings (SSSR count). The van der Waals surface area contributed by atoms with Gasteiger partial charge in [0.15, 0.2) is 5.75 Å². The number of hydrogen-bond donors (Lipinski definition) is 2. The molecule has 6 heteroatoms. The highest BCUT2D eigenvalue weighted by molar-refractivity contribution is 6.02. The number of methoxy groups -OCH3 is 1. The van der Waals surface area contributed by atoms with Crippen molar-refractivity contribution >= 4 is 33.9 Å². The summed E-state index contributed by atoms with van der Waals surface area (Å²) >= 11 is 0. The van der Waals surface area contributed by atoms with E-state index in [0.29, 0.717) is 22.6 Å². The fourth-order valence-corrected chi connectivity index (χ4v) is 2.52. The Balaban J connectivity index is 2.08. The highest BCUT2D eigenvalue weighted by Gasteiger charge is 2.13. The summed E-state index contributed by atoms with van der Waals surface area (Å²) in [5, 5.41) is 6.69. The van der Waals surface area contributed by atoms with E-state index in [1.54, 1.807) is 30.5 Å². The molecule has 0 aliphatic carbocycles. The summed E-state index contributed by atoms with van der Waals surface area (Å²) in [5.74, 6) is -0.0313. The average molecular weight is 325 g/mol. The molecule has 0 fully saturated rings. The lowest BCUT2D eigenvalue weighted by Gasteiger charge is -2.14. The lowest BCUT2D eigenvalue weighted by molar-refractivity contribution is -0.114. The van der Waals surface area contributed by atoms with Gasteiger partial charge in [-0.1, -0.05) is 6.07 Å². The third-order valence-corrected chi connectivity index (χ3v) is 3.48. The largest absolute Gasteiger partial charge is 0.492 e. The number of ether oxygens (including phenoxy) is 1. The smallest absolute Gasteiger partial charge is 0.221 e. The molecule has 0 saturated carbocycles. The van der Waals surface area contributed by atoms with Crippen LogP contribution in [-0.2, 0) is 4.79 Å². The molecule has 3 aromatic rings. The first-order valence-corrected chi connectivity index (χ1v) is 7.34. The zero-order chi connectivity index (χ0) is 17.1. The van der Waals surface area contributed by atoms with Crippen molar-refractivity contribution in [1.29, 1.82) is 0 Å². The summed E-state index contributed by atoms with van der Waals surface area (Å²) in [7, 11) is 1.52. The van der Waals surface area contributed by atoms with Crippen LogP contribution < -0.4 is 15.4 Å². The number of nitrogens with zero attached hydrogens (tertiary/aromatic N) is 1. The maximum absolute atomic E-state index is 13.4. The van der Waals surface area contributed by atoms with Crippen molar-refractivity contribution in [2.24, 2.45) is 0 Å². The molecule has 2 N–H and O–H groups in total. The monoisotopic (exact) mass is 325 g/mol. The topological polar surface area (TPSA) is 63.2 Å². The second-order valence-corrected chi connectivity index (χ2v) is 5.22. The van der Waals surface area contributed by atoms with Crippen molar-refractivity contribution < 1.29 is 13.9 Å². The first-order chi connectivity index (χ1) is 11.6. The van der Waals surface area contributed by atoms with Gasteiger partial charge in [-0.2, -0.15) is 0 Å². The van der Waals surface area contributed by atoms with E-state index in [4.69, 9.17) is 4.74 Å². The molecule has 1 heterocycles. The highest BCUT2D eigenvalue weighted by atomic mass is 19.1. The van der Waals surface area contributed by atoms with Crippen LogP contribution in [0.5, 0.6) is 5.75 Å². The van der Waals surface area contributed by atoms with E-state index in [2.05, 4.69) is 15.6 Å². The second-order valence-electron chi connectivity index (χ2n) is 5.22. The van der Waals surface area contributed by atoms with E-state index < -0.39 is 0 Å². The van der Waals surface area contributed by atoms with Crippen LogP contribution in [0.2, 0.25) is 0 Å². The number of carbonyl (C=O) groups excluding carboxylic acids is 1. The molecule has 0 unspecified atom stereocenters. The van der Waals surface area contributed by atoms with E-state index >= 15 is 0 Å². The van der Waals surface area contributed by atoms with Crippen LogP contribution in [0.1, 0.15) is 6.92 Å². The van der Waals surface area contributed by atoms with Crippen molar-refractivity contribution in [3.63, 3.8) is 0 Å². The van der Waals surface area contributed by atoms with Crippen LogP contribution in [0.4, 0.5) is 21.5 Å². The Labute approximate surface area is 138 Å². The number of amides is 1. The van der Waals surface area contributed by atoms with Crippen LogP contribution in [0.3, 0.4) is 0 Å². The normalized spacial score (nSPS) is 10.5. The fraction of sp³-hybridized carbons (Fsp3) is 0.111. The number of benzene rings is 2. The molecule has 0 atom stereocenters. The fourth-order valence-electron chi connectivity index (χ4n) is 2.52. The summed E-state index contributed by atoms with van der Waals surface area (Å²) in [6.07, 6.45) is 1.63. The predicted octanol–water partition coefficient (Wildman–Crippen LogP) is 4.08. The molecular weight excluding hydrogens is 309 g/mol. The van der Waals surface area contributed by atoms with Gasteiger partial charge >= 0.3 is 0 Å². The lowest BCUT2D eigenvalue weighted by Crippen LogP contribution is -2.07. The third-order valence-electron chi connectivity index (χ3n) is 3.48. The van der Waals surface area contributed by atoms with Gasteiger partial charge in [0.1, 0.15) is 11.3 Å². The molecule has 0 aliphatic rings. The Morgan fingerprint density at radius 1 is 1.17 bits per heavy atom. The summed E-state index contributed by atoms with van der Waals surface area (Å²) in [6.45, 7) is 1.43. The van der Waals surface area contributed by atoms with Gasteiger partial charge in [-0.15, -0.1) is 0 Å². The minimum Gasteiger partial charge on any atom is -0.492 e. The Kier molecular flexibility index (Phi) is 4.29. The predicted molar refractivity (Wildman–Crippen MR) is 92.3 cm³/mol. The molecule has 2 aromatic carbocycles. The molecule has 24 heavy (non-hydrogen) atoms. The third kappa shape index (κ3) is 3.12. The molecule has 0 bridgehead atoms. The van der Waals surface area contributed by atoms with Gasteiger partial charge in [0.2, 0.25) is 5.91 Å². The number of nitrogens with one attached hydrogen (secondary N) is 2. The van der Waals surface area contributed by atoms with Crippen LogP contribution in [0.25, 0.3) is 10.9 Å². The standard InChI is InChI=1S/C18H16FN3O2/c1-11(23)21-16-7-6-14-15(8-9-20-17(14)18(16)24-2)22-13-5-3-4-12(19)10-13/h3-10H,1-2H3,(H,20,22)(H,21,23). The first-order valence-electron chi connectivity index (χ1n) is 7.34. The molecule has 1 aromatic heterocycles. The lowest BCUT2D eigenvalue weighted by atomic mass is 10.1. The Bertz CT molecular complexity index is 912. The Morgan fingerprint density at radius 2 is 2.00 bits per heavy atom. The van der Waals surface area contributed by atoms with Crippen molar-refractivity contribution in [2.75, 3.05) is 17.7 Å². The number of carbonyl (C=O) groups is 1. The maximum atomic E-state index is 13.4. The SMILES string of the molecule is COc1c(NC(C)=O)ccc2c(Nc3cccc(F)c3)ccnc12. The van der Waals surface area contributed by atoms with Crippen molar-refractivity contribution in [3.05, 3.63) is 54.5 Å². The second kappa shape index (κ2) is 6.54. The quantitative estimate of drug-likeness (QED) is 0.758. The van der Waals surface area contributed by atoms with Crippen molar-refractivity contribution in [1.82, 2.24) is 4.98 Å². The van der Waals surface area contributed by atoms with Crippen molar-refractivity contribution in [2.45, 2.75) is 6.92 Å². The summed E-state index contributed by atoms with van der Waals surface area (Å²) in [4.78, 5) is 15.7. The zero-order valence-electron chi connectivity index (χ0n) is 13.3. The molecule has 1 amide bonds. The van der Waals surface area contributed by atoms with E-state index in [1.165, 1.54) is 26.2 Å². The highest BCUT2D eigenvalue weighted by Crippen LogP contribution is 2.36. The molecular formula is C18H16FN3O2. The number of halogens is 1. The summed E-state index contributed by atoms with van der Waals surface area (Å²) < 4.78 is 18.8. The summed E-state index contributed by atoms with van der Waals surface area (Å²) in [6, 6.07) is 11.6. The molecule has 122 valence electrons. The number of anilines is 3. The zero-order valence-corrected chi connectivity index (χ0v) is 13.3. The molecule has 0 spiro atoms. The maximum Gasteiger partial charge on any atom is 0.221 e. The minimum absolute atomic E-state index is 0.193. The van der Waals surface area contributed by atoms with Gasteiger partial charge in [-0.05, 0) is 36.4 Å². The van der Waals surface area contributed by atoms with Gasteiger partial charge in [0, 0.05) is 29.9 Å². The van der Waals surface area contributed by atoms with Gasteiger partial charge in [0.25, 0.3) is 0 Å². The molecule has 0 aliphatic heterocycles. The first kappa shape index (κ1) is 15.7. The van der Waals surface area contributed by atoms with E-state index in [-0.39, 0.29) is 11.7 Å².